The Hall–Kier alpha value is -6.48. The van der Waals surface area contributed by atoms with Crippen LogP contribution < -0.4 is 4.90 Å². The van der Waals surface area contributed by atoms with Gasteiger partial charge in [0.1, 0.15) is 0 Å². The Balaban J connectivity index is 1.07. The molecule has 2 heteroatoms. The summed E-state index contributed by atoms with van der Waals surface area (Å²) < 4.78 is 2.68. The summed E-state index contributed by atoms with van der Waals surface area (Å²) in [6.07, 6.45) is 0. The molecule has 9 aromatic carbocycles. The van der Waals surface area contributed by atoms with Crippen molar-refractivity contribution in [2.75, 3.05) is 4.90 Å². The van der Waals surface area contributed by atoms with Crippen molar-refractivity contribution >= 4 is 70.1 Å². The summed E-state index contributed by atoms with van der Waals surface area (Å²) in [5.74, 6) is 0. The van der Waals surface area contributed by atoms with Crippen LogP contribution in [0.25, 0.3) is 75.1 Å². The third-order valence-corrected chi connectivity index (χ3v) is 13.0. The normalized spacial score (nSPS) is 13.1. The van der Waals surface area contributed by atoms with E-state index >= 15 is 0 Å². The van der Waals surface area contributed by atoms with E-state index in [2.05, 4.69) is 207 Å². The average Bonchev–Trinajstić information content (AvgIpc) is 3.73. The molecule has 1 heterocycles. The summed E-state index contributed by atoms with van der Waals surface area (Å²) >= 11 is 1.88. The van der Waals surface area contributed by atoms with Crippen molar-refractivity contribution in [3.05, 3.63) is 199 Å². The first-order chi connectivity index (χ1) is 27.0. The first-order valence-corrected chi connectivity index (χ1v) is 19.9. The van der Waals surface area contributed by atoms with E-state index in [0.29, 0.717) is 0 Å². The van der Waals surface area contributed by atoms with E-state index in [0.717, 1.165) is 17.1 Å². The number of hydrogen-bond donors (Lipinski definition) is 0. The van der Waals surface area contributed by atoms with Crippen molar-refractivity contribution in [3.63, 3.8) is 0 Å². The van der Waals surface area contributed by atoms with E-state index in [-0.39, 0.29) is 5.41 Å². The maximum Gasteiger partial charge on any atom is 0.0540 e. The topological polar surface area (TPSA) is 3.24 Å². The molecule has 1 aliphatic carbocycles. The Kier molecular flexibility index (Phi) is 7.14. The first-order valence-electron chi connectivity index (χ1n) is 19.1. The molecule has 11 rings (SSSR count). The maximum atomic E-state index is 2.45. The average molecular weight is 720 g/mol. The van der Waals surface area contributed by atoms with E-state index in [1.165, 1.54) is 86.2 Å². The van der Waals surface area contributed by atoms with Crippen LogP contribution >= 0.6 is 11.3 Å². The molecule has 0 atom stereocenters. The van der Waals surface area contributed by atoms with Crippen molar-refractivity contribution in [3.8, 4) is 33.4 Å². The number of fused-ring (bicyclic) bond motifs is 9. The summed E-state index contributed by atoms with van der Waals surface area (Å²) in [5.41, 5.74) is 13.6. The molecule has 0 spiro atoms. The Bertz CT molecular complexity index is 3120. The van der Waals surface area contributed by atoms with Gasteiger partial charge in [0.25, 0.3) is 0 Å². The highest BCUT2D eigenvalue weighted by molar-refractivity contribution is 7.26. The Morgan fingerprint density at radius 2 is 1.07 bits per heavy atom. The van der Waals surface area contributed by atoms with Crippen molar-refractivity contribution in [2.45, 2.75) is 19.3 Å². The van der Waals surface area contributed by atoms with Crippen LogP contribution in [0, 0.1) is 0 Å². The molecule has 0 saturated carbocycles. The lowest BCUT2D eigenvalue weighted by Gasteiger charge is -2.29. The third kappa shape index (κ3) is 4.99. The first kappa shape index (κ1) is 32.0. The molecule has 1 aromatic heterocycles. The van der Waals surface area contributed by atoms with Gasteiger partial charge in [0, 0.05) is 42.5 Å². The lowest BCUT2D eigenvalue weighted by Crippen LogP contribution is -2.15. The summed E-state index contributed by atoms with van der Waals surface area (Å²) in [7, 11) is 0. The number of thiophene rings is 1. The van der Waals surface area contributed by atoms with E-state index < -0.39 is 0 Å². The minimum atomic E-state index is -0.0556. The van der Waals surface area contributed by atoms with Crippen LogP contribution in [-0.4, -0.2) is 0 Å². The summed E-state index contributed by atoms with van der Waals surface area (Å²) in [6.45, 7) is 4.70. The lowest BCUT2D eigenvalue weighted by atomic mass is 9.82. The second-order valence-electron chi connectivity index (χ2n) is 15.3. The molecule has 0 N–H and O–H groups in total. The quantitative estimate of drug-likeness (QED) is 0.171. The van der Waals surface area contributed by atoms with Crippen LogP contribution in [0.3, 0.4) is 0 Å². The van der Waals surface area contributed by atoms with Gasteiger partial charge in [0.15, 0.2) is 0 Å². The van der Waals surface area contributed by atoms with Gasteiger partial charge in [-0.25, -0.2) is 0 Å². The molecule has 0 amide bonds. The van der Waals surface area contributed by atoms with Gasteiger partial charge in [-0.05, 0) is 109 Å². The van der Waals surface area contributed by atoms with Crippen molar-refractivity contribution in [1.29, 1.82) is 0 Å². The van der Waals surface area contributed by atoms with Crippen molar-refractivity contribution < 1.29 is 0 Å². The number of hydrogen-bond acceptors (Lipinski definition) is 2. The Morgan fingerprint density at radius 3 is 1.96 bits per heavy atom. The Morgan fingerprint density at radius 1 is 0.400 bits per heavy atom. The Labute approximate surface area is 325 Å². The zero-order chi connectivity index (χ0) is 36.7. The largest absolute Gasteiger partial charge is 0.310 e. The van der Waals surface area contributed by atoms with Gasteiger partial charge in [-0.2, -0.15) is 0 Å². The number of rotatable bonds is 5. The molecular formula is C53H37NS. The van der Waals surface area contributed by atoms with Gasteiger partial charge < -0.3 is 4.90 Å². The van der Waals surface area contributed by atoms with Crippen LogP contribution in [0.4, 0.5) is 17.1 Å². The fourth-order valence-corrected chi connectivity index (χ4v) is 10.3. The maximum absolute atomic E-state index is 2.45. The molecule has 1 aliphatic rings. The molecule has 1 nitrogen and oxygen atoms in total. The van der Waals surface area contributed by atoms with Crippen LogP contribution in [0.5, 0.6) is 0 Å². The molecule has 0 bridgehead atoms. The molecular weight excluding hydrogens is 683 g/mol. The van der Waals surface area contributed by atoms with Crippen LogP contribution in [-0.2, 0) is 5.41 Å². The molecule has 55 heavy (non-hydrogen) atoms. The molecule has 10 aromatic rings. The van der Waals surface area contributed by atoms with Crippen molar-refractivity contribution in [1.82, 2.24) is 0 Å². The van der Waals surface area contributed by atoms with Crippen LogP contribution in [0.15, 0.2) is 188 Å². The van der Waals surface area contributed by atoms with E-state index in [1.807, 2.05) is 11.3 Å². The van der Waals surface area contributed by atoms with Gasteiger partial charge in [0.05, 0.1) is 5.69 Å². The van der Waals surface area contributed by atoms with Gasteiger partial charge in [0.2, 0.25) is 0 Å². The van der Waals surface area contributed by atoms with E-state index in [1.54, 1.807) is 0 Å². The zero-order valence-electron chi connectivity index (χ0n) is 30.8. The lowest BCUT2D eigenvalue weighted by molar-refractivity contribution is 0.660. The van der Waals surface area contributed by atoms with E-state index in [4.69, 9.17) is 0 Å². The standard InChI is InChI=1S/C53H37NS/c1-53(2)47-19-8-5-15-43(47)46-33-39(28-30-48(46)53)54(49-20-9-6-16-44(49)42-18-11-13-35-12-3-4-14-40(35)42)38-26-22-34(23-27-38)36-24-29-41-37(32-36)25-31-51-52(41)45-17-7-10-21-50(45)55-51/h3-33H,1-2H3. The van der Waals surface area contributed by atoms with Gasteiger partial charge in [-0.3, -0.25) is 0 Å². The molecule has 0 unspecified atom stereocenters. The number of para-hydroxylation sites is 1. The van der Waals surface area contributed by atoms with Crippen LogP contribution in [0.1, 0.15) is 25.0 Å². The van der Waals surface area contributed by atoms with Gasteiger partial charge >= 0.3 is 0 Å². The number of anilines is 3. The van der Waals surface area contributed by atoms with E-state index in [9.17, 15) is 0 Å². The predicted octanol–water partition coefficient (Wildman–Crippen LogP) is 15.5. The van der Waals surface area contributed by atoms with Crippen LogP contribution in [0.2, 0.25) is 0 Å². The highest BCUT2D eigenvalue weighted by atomic mass is 32.1. The summed E-state index contributed by atoms with van der Waals surface area (Å²) in [4.78, 5) is 2.45. The SMILES string of the molecule is CC1(C)c2ccccc2-c2cc(N(c3ccc(-c4ccc5c(ccc6sc7ccccc7c65)c4)cc3)c3ccccc3-c3cccc4ccccc34)ccc21. The number of benzene rings is 9. The van der Waals surface area contributed by atoms with Crippen molar-refractivity contribution in [2.24, 2.45) is 0 Å². The molecule has 0 aliphatic heterocycles. The predicted molar refractivity (Wildman–Crippen MR) is 237 cm³/mol. The second-order valence-corrected chi connectivity index (χ2v) is 16.4. The highest BCUT2D eigenvalue weighted by Crippen LogP contribution is 2.51. The molecule has 0 fully saturated rings. The summed E-state index contributed by atoms with van der Waals surface area (Å²) in [5, 5.41) is 7.78. The zero-order valence-corrected chi connectivity index (χ0v) is 31.6. The molecule has 0 radical (unpaired) electrons. The second kappa shape index (κ2) is 12.3. The highest BCUT2D eigenvalue weighted by Gasteiger charge is 2.35. The fourth-order valence-electron chi connectivity index (χ4n) is 9.17. The summed E-state index contributed by atoms with van der Waals surface area (Å²) in [6, 6.07) is 69.7. The van der Waals surface area contributed by atoms with Gasteiger partial charge in [-0.1, -0.05) is 153 Å². The fraction of sp³-hybridized carbons (Fsp3) is 0.0566. The van der Waals surface area contributed by atoms with Gasteiger partial charge in [-0.15, -0.1) is 11.3 Å². The minimum absolute atomic E-state index is 0.0556. The monoisotopic (exact) mass is 719 g/mol. The molecule has 0 saturated heterocycles. The minimum Gasteiger partial charge on any atom is -0.310 e. The molecule has 260 valence electrons. The smallest absolute Gasteiger partial charge is 0.0540 e. The number of nitrogens with zero attached hydrogens (tertiary/aromatic N) is 1. The third-order valence-electron chi connectivity index (χ3n) is 11.9.